The van der Waals surface area contributed by atoms with E-state index >= 15 is 0 Å². The first-order valence-electron chi connectivity index (χ1n) is 8.76. The molecule has 0 saturated heterocycles. The number of furan rings is 2. The number of anilines is 1. The molecule has 3 aromatic carbocycles. The Bertz CT molecular complexity index is 1310. The summed E-state index contributed by atoms with van der Waals surface area (Å²) in [5.74, 6) is 0.514. The Hall–Kier alpha value is -3.50. The molecule has 5 aromatic rings. The number of amides is 1. The van der Waals surface area contributed by atoms with Gasteiger partial charge in [-0.2, -0.15) is 0 Å². The van der Waals surface area contributed by atoms with Crippen LogP contribution in [-0.2, 0) is 0 Å². The molecule has 0 aliphatic heterocycles. The second kappa shape index (κ2) is 6.59. The molecule has 0 aliphatic carbocycles. The first-order chi connectivity index (χ1) is 13.7. The SMILES string of the molecule is O=C(Nc1ccc2c(c1)oc1ccccc12)c1ccc(-c2ccc(Cl)cc2)o1. The van der Waals surface area contributed by atoms with Crippen molar-refractivity contribution >= 4 is 45.1 Å². The van der Waals surface area contributed by atoms with E-state index in [1.165, 1.54) is 0 Å². The van der Waals surface area contributed by atoms with Gasteiger partial charge < -0.3 is 14.2 Å². The smallest absolute Gasteiger partial charge is 0.291 e. The van der Waals surface area contributed by atoms with Crippen molar-refractivity contribution in [2.45, 2.75) is 0 Å². The van der Waals surface area contributed by atoms with E-state index in [0.717, 1.165) is 27.5 Å². The number of carbonyl (C=O) groups is 1. The topological polar surface area (TPSA) is 55.4 Å². The van der Waals surface area contributed by atoms with Crippen molar-refractivity contribution in [2.75, 3.05) is 5.32 Å². The summed E-state index contributed by atoms with van der Waals surface area (Å²) < 4.78 is 11.6. The van der Waals surface area contributed by atoms with Gasteiger partial charge in [-0.05, 0) is 54.6 Å². The number of halogens is 1. The molecule has 0 spiro atoms. The molecule has 5 heteroatoms. The number of para-hydroxylation sites is 1. The molecule has 0 radical (unpaired) electrons. The summed E-state index contributed by atoms with van der Waals surface area (Å²) in [5.41, 5.74) is 3.04. The van der Waals surface area contributed by atoms with Gasteiger partial charge in [-0.1, -0.05) is 29.8 Å². The van der Waals surface area contributed by atoms with E-state index < -0.39 is 0 Å². The van der Waals surface area contributed by atoms with Crippen molar-refractivity contribution in [1.82, 2.24) is 0 Å². The van der Waals surface area contributed by atoms with Crippen molar-refractivity contribution in [3.63, 3.8) is 0 Å². The predicted octanol–water partition coefficient (Wildman–Crippen LogP) is 6.75. The van der Waals surface area contributed by atoms with Crippen molar-refractivity contribution in [3.05, 3.63) is 89.6 Å². The second-order valence-electron chi connectivity index (χ2n) is 6.43. The standard InChI is InChI=1S/C23H14ClNO3/c24-15-7-5-14(6-8-15)19-11-12-21(27-19)23(26)25-16-9-10-18-17-3-1-2-4-20(17)28-22(18)13-16/h1-13H,(H,25,26). The van der Waals surface area contributed by atoms with Gasteiger partial charge in [0.25, 0.3) is 5.91 Å². The van der Waals surface area contributed by atoms with Gasteiger partial charge in [-0.3, -0.25) is 4.79 Å². The number of nitrogens with one attached hydrogen (secondary N) is 1. The van der Waals surface area contributed by atoms with E-state index in [2.05, 4.69) is 5.32 Å². The molecule has 0 unspecified atom stereocenters. The molecule has 0 fully saturated rings. The van der Waals surface area contributed by atoms with E-state index in [0.29, 0.717) is 16.5 Å². The van der Waals surface area contributed by atoms with Crippen LogP contribution in [-0.4, -0.2) is 5.91 Å². The molecule has 5 rings (SSSR count). The summed E-state index contributed by atoms with van der Waals surface area (Å²) in [6.07, 6.45) is 0. The van der Waals surface area contributed by atoms with Gasteiger partial charge in [-0.25, -0.2) is 0 Å². The Morgan fingerprint density at radius 3 is 2.43 bits per heavy atom. The van der Waals surface area contributed by atoms with Gasteiger partial charge in [0.1, 0.15) is 16.9 Å². The first kappa shape index (κ1) is 16.7. The van der Waals surface area contributed by atoms with Crippen LogP contribution in [0.2, 0.25) is 5.02 Å². The van der Waals surface area contributed by atoms with Gasteiger partial charge in [0, 0.05) is 33.1 Å². The summed E-state index contributed by atoms with van der Waals surface area (Å²) >= 11 is 5.91. The molecule has 0 bridgehead atoms. The van der Waals surface area contributed by atoms with E-state index in [1.54, 1.807) is 24.3 Å². The fraction of sp³-hybridized carbons (Fsp3) is 0. The molecule has 0 atom stereocenters. The molecule has 2 aromatic heterocycles. The van der Waals surface area contributed by atoms with Crippen LogP contribution in [0.3, 0.4) is 0 Å². The first-order valence-corrected chi connectivity index (χ1v) is 9.14. The van der Waals surface area contributed by atoms with Crippen LogP contribution < -0.4 is 5.32 Å². The number of hydrogen-bond acceptors (Lipinski definition) is 3. The van der Waals surface area contributed by atoms with E-state index in [1.807, 2.05) is 54.6 Å². The Labute approximate surface area is 165 Å². The van der Waals surface area contributed by atoms with Crippen molar-refractivity contribution in [1.29, 1.82) is 0 Å². The van der Waals surface area contributed by atoms with Gasteiger partial charge in [0.05, 0.1) is 0 Å². The summed E-state index contributed by atoms with van der Waals surface area (Å²) in [6.45, 7) is 0. The molecule has 1 amide bonds. The minimum absolute atomic E-state index is 0.231. The molecule has 2 heterocycles. The van der Waals surface area contributed by atoms with Crippen molar-refractivity contribution in [2.24, 2.45) is 0 Å². The number of hydrogen-bond donors (Lipinski definition) is 1. The highest BCUT2D eigenvalue weighted by atomic mass is 35.5. The number of carbonyl (C=O) groups excluding carboxylic acids is 1. The predicted molar refractivity (Wildman–Crippen MR) is 111 cm³/mol. The number of benzene rings is 3. The van der Waals surface area contributed by atoms with Crippen LogP contribution >= 0.6 is 11.6 Å². The Balaban J connectivity index is 1.40. The van der Waals surface area contributed by atoms with Crippen LogP contribution in [0.15, 0.2) is 87.7 Å². The minimum atomic E-state index is -0.323. The van der Waals surface area contributed by atoms with Gasteiger partial charge in [0.15, 0.2) is 5.76 Å². The molecular formula is C23H14ClNO3. The number of rotatable bonds is 3. The summed E-state index contributed by atoms with van der Waals surface area (Å²) in [7, 11) is 0. The maximum Gasteiger partial charge on any atom is 0.291 e. The van der Waals surface area contributed by atoms with Gasteiger partial charge in [0.2, 0.25) is 0 Å². The van der Waals surface area contributed by atoms with Crippen LogP contribution in [0, 0.1) is 0 Å². The fourth-order valence-corrected chi connectivity index (χ4v) is 3.35. The fourth-order valence-electron chi connectivity index (χ4n) is 3.23. The maximum atomic E-state index is 12.6. The lowest BCUT2D eigenvalue weighted by atomic mass is 10.1. The lowest BCUT2D eigenvalue weighted by Gasteiger charge is -2.03. The second-order valence-corrected chi connectivity index (χ2v) is 6.87. The largest absolute Gasteiger partial charge is 0.456 e. The average Bonchev–Trinajstić information content (AvgIpc) is 3.33. The van der Waals surface area contributed by atoms with Crippen molar-refractivity contribution in [3.8, 4) is 11.3 Å². The zero-order valence-corrected chi connectivity index (χ0v) is 15.4. The van der Waals surface area contributed by atoms with E-state index in [4.69, 9.17) is 20.4 Å². The Morgan fingerprint density at radius 2 is 1.57 bits per heavy atom. The third kappa shape index (κ3) is 2.94. The molecule has 4 nitrogen and oxygen atoms in total. The molecular weight excluding hydrogens is 374 g/mol. The summed E-state index contributed by atoms with van der Waals surface area (Å²) in [6, 6.07) is 24.1. The average molecular weight is 388 g/mol. The van der Waals surface area contributed by atoms with Crippen LogP contribution in [0.1, 0.15) is 10.6 Å². The van der Waals surface area contributed by atoms with E-state index in [-0.39, 0.29) is 11.7 Å². The molecule has 0 saturated carbocycles. The minimum Gasteiger partial charge on any atom is -0.456 e. The number of fused-ring (bicyclic) bond motifs is 3. The monoisotopic (exact) mass is 387 g/mol. The quantitative estimate of drug-likeness (QED) is 0.372. The lowest BCUT2D eigenvalue weighted by Crippen LogP contribution is -2.10. The van der Waals surface area contributed by atoms with Crippen molar-refractivity contribution < 1.29 is 13.6 Å². The molecule has 1 N–H and O–H groups in total. The van der Waals surface area contributed by atoms with Crippen LogP contribution in [0.25, 0.3) is 33.3 Å². The normalized spacial score (nSPS) is 11.2. The maximum absolute atomic E-state index is 12.6. The highest BCUT2D eigenvalue weighted by Crippen LogP contribution is 2.30. The zero-order chi connectivity index (χ0) is 19.1. The van der Waals surface area contributed by atoms with Gasteiger partial charge >= 0.3 is 0 Å². The highest BCUT2D eigenvalue weighted by molar-refractivity contribution is 6.30. The highest BCUT2D eigenvalue weighted by Gasteiger charge is 2.14. The molecule has 28 heavy (non-hydrogen) atoms. The van der Waals surface area contributed by atoms with Gasteiger partial charge in [-0.15, -0.1) is 0 Å². The Kier molecular flexibility index (Phi) is 3.92. The Morgan fingerprint density at radius 1 is 0.786 bits per heavy atom. The van der Waals surface area contributed by atoms with Crippen LogP contribution in [0.5, 0.6) is 0 Å². The third-order valence-corrected chi connectivity index (χ3v) is 4.85. The third-order valence-electron chi connectivity index (χ3n) is 4.60. The zero-order valence-electron chi connectivity index (χ0n) is 14.6. The summed E-state index contributed by atoms with van der Waals surface area (Å²) in [5, 5.41) is 5.56. The van der Waals surface area contributed by atoms with Crippen LogP contribution in [0.4, 0.5) is 5.69 Å². The molecule has 136 valence electrons. The lowest BCUT2D eigenvalue weighted by molar-refractivity contribution is 0.0997. The van der Waals surface area contributed by atoms with E-state index in [9.17, 15) is 4.79 Å². The summed E-state index contributed by atoms with van der Waals surface area (Å²) in [4.78, 5) is 12.6. The molecule has 0 aliphatic rings.